The van der Waals surface area contributed by atoms with Crippen molar-refractivity contribution < 1.29 is 5.11 Å². The van der Waals surface area contributed by atoms with Crippen molar-refractivity contribution in [2.75, 3.05) is 0 Å². The first-order chi connectivity index (χ1) is 8.20. The molecule has 17 heavy (non-hydrogen) atoms. The van der Waals surface area contributed by atoms with Crippen LogP contribution < -0.4 is 5.32 Å². The Morgan fingerprint density at radius 3 is 2.94 bits per heavy atom. The van der Waals surface area contributed by atoms with E-state index in [0.29, 0.717) is 17.8 Å². The van der Waals surface area contributed by atoms with Gasteiger partial charge in [-0.1, -0.05) is 31.9 Å². The van der Waals surface area contributed by atoms with E-state index in [0.717, 1.165) is 5.92 Å². The SMILES string of the molecule is CCC1CCCC1NC(C)c1cccc(O)c1. The Labute approximate surface area is 104 Å². The molecular weight excluding hydrogens is 210 g/mol. The molecule has 0 heterocycles. The lowest BCUT2D eigenvalue weighted by molar-refractivity contribution is 0.359. The molecule has 94 valence electrons. The lowest BCUT2D eigenvalue weighted by atomic mass is 9.98. The summed E-state index contributed by atoms with van der Waals surface area (Å²) < 4.78 is 0. The summed E-state index contributed by atoms with van der Waals surface area (Å²) in [6.07, 6.45) is 5.27. The number of phenols is 1. The van der Waals surface area contributed by atoms with Crippen LogP contribution in [0.2, 0.25) is 0 Å². The molecule has 1 aromatic carbocycles. The van der Waals surface area contributed by atoms with Crippen molar-refractivity contribution in [3.8, 4) is 5.75 Å². The van der Waals surface area contributed by atoms with Gasteiger partial charge in [0.05, 0.1) is 0 Å². The zero-order valence-electron chi connectivity index (χ0n) is 10.8. The Kier molecular flexibility index (Phi) is 4.06. The second-order valence-electron chi connectivity index (χ2n) is 5.19. The van der Waals surface area contributed by atoms with E-state index in [-0.39, 0.29) is 0 Å². The molecule has 0 radical (unpaired) electrons. The van der Waals surface area contributed by atoms with Gasteiger partial charge in [-0.2, -0.15) is 0 Å². The standard InChI is InChI=1S/C15H23NO/c1-3-12-6-5-9-15(12)16-11(2)13-7-4-8-14(17)10-13/h4,7-8,10-12,15-17H,3,5-6,9H2,1-2H3. The van der Waals surface area contributed by atoms with E-state index in [1.807, 2.05) is 12.1 Å². The van der Waals surface area contributed by atoms with Gasteiger partial charge in [0.25, 0.3) is 0 Å². The van der Waals surface area contributed by atoms with Crippen LogP contribution in [0.5, 0.6) is 5.75 Å². The molecule has 1 saturated carbocycles. The van der Waals surface area contributed by atoms with Gasteiger partial charge < -0.3 is 10.4 Å². The van der Waals surface area contributed by atoms with Crippen molar-refractivity contribution in [3.05, 3.63) is 29.8 Å². The van der Waals surface area contributed by atoms with Gasteiger partial charge in [0, 0.05) is 12.1 Å². The number of phenolic OH excluding ortho intramolecular Hbond substituents is 1. The minimum Gasteiger partial charge on any atom is -0.508 e. The summed E-state index contributed by atoms with van der Waals surface area (Å²) >= 11 is 0. The van der Waals surface area contributed by atoms with Crippen LogP contribution >= 0.6 is 0 Å². The van der Waals surface area contributed by atoms with E-state index in [1.54, 1.807) is 6.07 Å². The second-order valence-corrected chi connectivity index (χ2v) is 5.19. The summed E-state index contributed by atoms with van der Waals surface area (Å²) in [5, 5.41) is 13.2. The van der Waals surface area contributed by atoms with Crippen molar-refractivity contribution >= 4 is 0 Å². The van der Waals surface area contributed by atoms with Gasteiger partial charge in [-0.25, -0.2) is 0 Å². The highest BCUT2D eigenvalue weighted by atomic mass is 16.3. The van der Waals surface area contributed by atoms with Crippen LogP contribution in [0.4, 0.5) is 0 Å². The Hall–Kier alpha value is -1.02. The van der Waals surface area contributed by atoms with E-state index in [4.69, 9.17) is 0 Å². The maximum Gasteiger partial charge on any atom is 0.115 e. The minimum absolute atomic E-state index is 0.319. The predicted octanol–water partition coefficient (Wildman–Crippen LogP) is 3.62. The molecule has 0 spiro atoms. The maximum atomic E-state index is 9.49. The molecule has 1 aliphatic carbocycles. The summed E-state index contributed by atoms with van der Waals surface area (Å²) in [5.41, 5.74) is 1.17. The first-order valence-corrected chi connectivity index (χ1v) is 6.75. The topological polar surface area (TPSA) is 32.3 Å². The maximum absolute atomic E-state index is 9.49. The molecule has 3 atom stereocenters. The first-order valence-electron chi connectivity index (χ1n) is 6.75. The average molecular weight is 233 g/mol. The van der Waals surface area contributed by atoms with E-state index in [2.05, 4.69) is 25.2 Å². The molecular formula is C15H23NO. The van der Waals surface area contributed by atoms with E-state index in [9.17, 15) is 5.11 Å². The van der Waals surface area contributed by atoms with Crippen molar-refractivity contribution in [2.45, 2.75) is 51.6 Å². The summed E-state index contributed by atoms with van der Waals surface area (Å²) in [5.74, 6) is 1.18. The van der Waals surface area contributed by atoms with Crippen LogP contribution in [0.25, 0.3) is 0 Å². The lowest BCUT2D eigenvalue weighted by Crippen LogP contribution is -2.34. The summed E-state index contributed by atoms with van der Waals surface area (Å²) in [6, 6.07) is 8.53. The van der Waals surface area contributed by atoms with Crippen molar-refractivity contribution in [1.82, 2.24) is 5.32 Å². The number of rotatable bonds is 4. The van der Waals surface area contributed by atoms with Gasteiger partial charge in [0.2, 0.25) is 0 Å². The molecule has 0 aliphatic heterocycles. The molecule has 2 rings (SSSR count). The van der Waals surface area contributed by atoms with Gasteiger partial charge >= 0.3 is 0 Å². The molecule has 1 aromatic rings. The zero-order chi connectivity index (χ0) is 12.3. The molecule has 2 N–H and O–H groups in total. The van der Waals surface area contributed by atoms with Crippen molar-refractivity contribution in [1.29, 1.82) is 0 Å². The fourth-order valence-electron chi connectivity index (χ4n) is 2.96. The van der Waals surface area contributed by atoms with Crippen LogP contribution in [0.1, 0.15) is 51.1 Å². The number of nitrogens with one attached hydrogen (secondary N) is 1. The van der Waals surface area contributed by atoms with Gasteiger partial charge in [-0.05, 0) is 43.4 Å². The number of benzene rings is 1. The normalized spacial score (nSPS) is 26.0. The quantitative estimate of drug-likeness (QED) is 0.832. The third-order valence-electron chi connectivity index (χ3n) is 4.02. The van der Waals surface area contributed by atoms with Crippen molar-refractivity contribution in [2.24, 2.45) is 5.92 Å². The second kappa shape index (κ2) is 5.54. The summed E-state index contributed by atoms with van der Waals surface area (Å²) in [6.45, 7) is 4.46. The Balaban J connectivity index is 1.99. The van der Waals surface area contributed by atoms with Crippen LogP contribution in [-0.4, -0.2) is 11.1 Å². The summed E-state index contributed by atoms with van der Waals surface area (Å²) in [7, 11) is 0. The Morgan fingerprint density at radius 2 is 2.24 bits per heavy atom. The minimum atomic E-state index is 0.319. The molecule has 3 unspecified atom stereocenters. The fourth-order valence-corrected chi connectivity index (χ4v) is 2.96. The Morgan fingerprint density at radius 1 is 1.41 bits per heavy atom. The van der Waals surface area contributed by atoms with E-state index >= 15 is 0 Å². The Bertz CT molecular complexity index is 364. The zero-order valence-corrected chi connectivity index (χ0v) is 10.8. The van der Waals surface area contributed by atoms with Gasteiger partial charge in [0.15, 0.2) is 0 Å². The third-order valence-corrected chi connectivity index (χ3v) is 4.02. The molecule has 0 amide bonds. The highest BCUT2D eigenvalue weighted by molar-refractivity contribution is 5.29. The molecule has 2 nitrogen and oxygen atoms in total. The number of hydrogen-bond donors (Lipinski definition) is 2. The fraction of sp³-hybridized carbons (Fsp3) is 0.600. The lowest BCUT2D eigenvalue weighted by Gasteiger charge is -2.24. The number of hydrogen-bond acceptors (Lipinski definition) is 2. The largest absolute Gasteiger partial charge is 0.508 e. The molecule has 0 saturated heterocycles. The van der Waals surface area contributed by atoms with Gasteiger partial charge in [0.1, 0.15) is 5.75 Å². The molecule has 0 bridgehead atoms. The third kappa shape index (κ3) is 3.01. The van der Waals surface area contributed by atoms with E-state index < -0.39 is 0 Å². The highest BCUT2D eigenvalue weighted by Crippen LogP contribution is 2.30. The molecule has 1 aliphatic rings. The predicted molar refractivity (Wildman–Crippen MR) is 71.1 cm³/mol. The van der Waals surface area contributed by atoms with Gasteiger partial charge in [-0.15, -0.1) is 0 Å². The van der Waals surface area contributed by atoms with Crippen LogP contribution in [0.3, 0.4) is 0 Å². The number of aromatic hydroxyl groups is 1. The van der Waals surface area contributed by atoms with Crippen LogP contribution in [-0.2, 0) is 0 Å². The van der Waals surface area contributed by atoms with E-state index in [1.165, 1.54) is 31.2 Å². The van der Waals surface area contributed by atoms with Crippen molar-refractivity contribution in [3.63, 3.8) is 0 Å². The summed E-state index contributed by atoms with van der Waals surface area (Å²) in [4.78, 5) is 0. The molecule has 0 aromatic heterocycles. The monoisotopic (exact) mass is 233 g/mol. The average Bonchev–Trinajstić information content (AvgIpc) is 2.76. The first kappa shape index (κ1) is 12.4. The van der Waals surface area contributed by atoms with Crippen LogP contribution in [0, 0.1) is 5.92 Å². The molecule has 2 heteroatoms. The molecule has 1 fully saturated rings. The smallest absolute Gasteiger partial charge is 0.115 e. The highest BCUT2D eigenvalue weighted by Gasteiger charge is 2.26. The van der Waals surface area contributed by atoms with Crippen LogP contribution in [0.15, 0.2) is 24.3 Å². The van der Waals surface area contributed by atoms with Gasteiger partial charge in [-0.3, -0.25) is 0 Å².